The fraction of sp³-hybridized carbons (Fsp3) is 0.571. The van der Waals surface area contributed by atoms with Crippen LogP contribution in [0.5, 0.6) is 5.75 Å². The second-order valence-electron chi connectivity index (χ2n) is 7.62. The highest BCUT2D eigenvalue weighted by Crippen LogP contribution is 2.30. The number of fused-ring (bicyclic) bond motifs is 1. The van der Waals surface area contributed by atoms with Crippen molar-refractivity contribution in [1.82, 2.24) is 15.1 Å². The number of nitrogens with one attached hydrogen (secondary N) is 1. The van der Waals surface area contributed by atoms with Crippen molar-refractivity contribution in [3.63, 3.8) is 0 Å². The third-order valence-electron chi connectivity index (χ3n) is 6.09. The smallest absolute Gasteiger partial charge is 0.193 e. The van der Waals surface area contributed by atoms with Crippen LogP contribution in [0.3, 0.4) is 0 Å². The predicted molar refractivity (Wildman–Crippen MR) is 121 cm³/mol. The maximum absolute atomic E-state index is 10.4. The van der Waals surface area contributed by atoms with Crippen LogP contribution in [0.15, 0.2) is 29.3 Å². The molecule has 0 spiro atoms. The number of benzene rings is 1. The SMILES string of the molecule is CN=C(NCc1c(O)ccc2c1CCCC2)N1CCC(N2CC=CC2)C1.I. The summed E-state index contributed by atoms with van der Waals surface area (Å²) < 4.78 is 0. The normalized spacial score (nSPS) is 22.6. The van der Waals surface area contributed by atoms with Crippen molar-refractivity contribution in [3.05, 3.63) is 41.0 Å². The van der Waals surface area contributed by atoms with Gasteiger partial charge in [0.2, 0.25) is 0 Å². The van der Waals surface area contributed by atoms with Crippen LogP contribution in [0.1, 0.15) is 36.0 Å². The van der Waals surface area contributed by atoms with E-state index in [2.05, 4.69) is 38.3 Å². The minimum atomic E-state index is 0. The number of aryl methyl sites for hydroxylation is 1. The van der Waals surface area contributed by atoms with Gasteiger partial charge in [0, 0.05) is 51.4 Å². The number of phenolic OH excluding ortho intramolecular Hbond substituents is 1. The first-order chi connectivity index (χ1) is 12.8. The van der Waals surface area contributed by atoms with Gasteiger partial charge >= 0.3 is 0 Å². The molecule has 0 bridgehead atoms. The molecule has 3 aliphatic rings. The minimum Gasteiger partial charge on any atom is -0.508 e. The summed E-state index contributed by atoms with van der Waals surface area (Å²) in [5.74, 6) is 1.36. The van der Waals surface area contributed by atoms with Gasteiger partial charge in [0.05, 0.1) is 0 Å². The summed E-state index contributed by atoms with van der Waals surface area (Å²) in [6, 6.07) is 4.56. The summed E-state index contributed by atoms with van der Waals surface area (Å²) in [4.78, 5) is 9.39. The van der Waals surface area contributed by atoms with E-state index in [1.807, 2.05) is 13.1 Å². The summed E-state index contributed by atoms with van der Waals surface area (Å²) in [6.07, 6.45) is 10.4. The fourth-order valence-electron chi connectivity index (χ4n) is 4.61. The molecular weight excluding hydrogens is 451 g/mol. The quantitative estimate of drug-likeness (QED) is 0.301. The number of aliphatic imine (C=N–C) groups is 1. The van der Waals surface area contributed by atoms with Crippen molar-refractivity contribution in [2.45, 2.75) is 44.7 Å². The van der Waals surface area contributed by atoms with Gasteiger partial charge in [-0.3, -0.25) is 9.89 Å². The summed E-state index contributed by atoms with van der Waals surface area (Å²) in [7, 11) is 1.85. The van der Waals surface area contributed by atoms with E-state index in [-0.39, 0.29) is 24.0 Å². The van der Waals surface area contributed by atoms with Crippen LogP contribution < -0.4 is 5.32 Å². The summed E-state index contributed by atoms with van der Waals surface area (Å²) >= 11 is 0. The van der Waals surface area contributed by atoms with Crippen LogP contribution in [0.2, 0.25) is 0 Å². The standard InChI is InChI=1S/C21H30N4O.HI/c1-22-21(25-13-10-17(15-25)24-11-4-5-12-24)23-14-19-18-7-3-2-6-16(18)8-9-20(19)26;/h4-5,8-9,17,26H,2-3,6-7,10-15H2,1H3,(H,22,23);1H. The highest BCUT2D eigenvalue weighted by molar-refractivity contribution is 14.0. The Hall–Kier alpha value is -1.28. The monoisotopic (exact) mass is 482 g/mol. The second kappa shape index (κ2) is 9.28. The number of hydrogen-bond acceptors (Lipinski definition) is 3. The average molecular weight is 482 g/mol. The Morgan fingerprint density at radius 2 is 2.00 bits per heavy atom. The van der Waals surface area contributed by atoms with Gasteiger partial charge in [-0.15, -0.1) is 24.0 Å². The molecule has 1 aliphatic carbocycles. The van der Waals surface area contributed by atoms with Gasteiger partial charge in [0.15, 0.2) is 5.96 Å². The highest BCUT2D eigenvalue weighted by atomic mass is 127. The summed E-state index contributed by atoms with van der Waals surface area (Å²) in [5.41, 5.74) is 3.81. The minimum absolute atomic E-state index is 0. The van der Waals surface area contributed by atoms with Crippen LogP contribution in [0, 0.1) is 0 Å². The van der Waals surface area contributed by atoms with Gasteiger partial charge in [0.25, 0.3) is 0 Å². The lowest BCUT2D eigenvalue weighted by Gasteiger charge is -2.26. The molecule has 0 saturated carbocycles. The lowest BCUT2D eigenvalue weighted by Crippen LogP contribution is -2.42. The highest BCUT2D eigenvalue weighted by Gasteiger charge is 2.29. The van der Waals surface area contributed by atoms with E-state index in [1.54, 1.807) is 0 Å². The van der Waals surface area contributed by atoms with Crippen LogP contribution in [-0.4, -0.2) is 60.1 Å². The number of hydrogen-bond donors (Lipinski definition) is 2. The molecule has 6 heteroatoms. The zero-order valence-electron chi connectivity index (χ0n) is 16.2. The number of halogens is 1. The van der Waals surface area contributed by atoms with Crippen LogP contribution in [-0.2, 0) is 19.4 Å². The molecule has 27 heavy (non-hydrogen) atoms. The molecule has 1 saturated heterocycles. The van der Waals surface area contributed by atoms with Gasteiger partial charge < -0.3 is 15.3 Å². The Labute approximate surface area is 179 Å². The third kappa shape index (κ3) is 4.42. The largest absolute Gasteiger partial charge is 0.508 e. The Morgan fingerprint density at radius 3 is 2.78 bits per heavy atom. The van der Waals surface area contributed by atoms with E-state index in [4.69, 9.17) is 0 Å². The van der Waals surface area contributed by atoms with E-state index in [0.717, 1.165) is 50.5 Å². The molecule has 0 amide bonds. The molecule has 1 aromatic rings. The Kier molecular flexibility index (Phi) is 7.03. The molecule has 1 atom stereocenters. The molecule has 5 nitrogen and oxygen atoms in total. The Bertz CT molecular complexity index is 710. The Balaban J connectivity index is 0.00000210. The number of guanidine groups is 1. The van der Waals surface area contributed by atoms with E-state index in [9.17, 15) is 5.11 Å². The van der Waals surface area contributed by atoms with Crippen LogP contribution >= 0.6 is 24.0 Å². The van der Waals surface area contributed by atoms with E-state index >= 15 is 0 Å². The summed E-state index contributed by atoms with van der Waals surface area (Å²) in [5, 5.41) is 13.9. The maximum Gasteiger partial charge on any atom is 0.193 e. The number of nitrogens with zero attached hydrogens (tertiary/aromatic N) is 3. The van der Waals surface area contributed by atoms with Gasteiger partial charge in [0.1, 0.15) is 5.75 Å². The predicted octanol–water partition coefficient (Wildman–Crippen LogP) is 2.91. The van der Waals surface area contributed by atoms with Crippen molar-refractivity contribution < 1.29 is 5.11 Å². The fourth-order valence-corrected chi connectivity index (χ4v) is 4.61. The van der Waals surface area contributed by atoms with Crippen molar-refractivity contribution in [2.75, 3.05) is 33.2 Å². The third-order valence-corrected chi connectivity index (χ3v) is 6.09. The maximum atomic E-state index is 10.4. The van der Waals surface area contributed by atoms with E-state index in [1.165, 1.54) is 30.4 Å². The number of rotatable bonds is 3. The van der Waals surface area contributed by atoms with Gasteiger partial charge in [-0.05, 0) is 49.3 Å². The molecular formula is C21H31IN4O. The van der Waals surface area contributed by atoms with Crippen molar-refractivity contribution in [2.24, 2.45) is 4.99 Å². The Morgan fingerprint density at radius 1 is 1.22 bits per heavy atom. The zero-order valence-corrected chi connectivity index (χ0v) is 18.5. The van der Waals surface area contributed by atoms with Crippen molar-refractivity contribution in [3.8, 4) is 5.75 Å². The lowest BCUT2D eigenvalue weighted by atomic mass is 9.88. The first kappa shape index (κ1) is 20.5. The number of phenols is 1. The molecule has 1 fully saturated rings. The summed E-state index contributed by atoms with van der Waals surface area (Å²) in [6.45, 7) is 4.87. The molecule has 148 valence electrons. The van der Waals surface area contributed by atoms with Crippen LogP contribution in [0.25, 0.3) is 0 Å². The molecule has 1 unspecified atom stereocenters. The topological polar surface area (TPSA) is 51.1 Å². The molecule has 2 N–H and O–H groups in total. The molecule has 0 radical (unpaired) electrons. The zero-order chi connectivity index (χ0) is 17.9. The average Bonchev–Trinajstić information content (AvgIpc) is 3.35. The van der Waals surface area contributed by atoms with Crippen LogP contribution in [0.4, 0.5) is 0 Å². The first-order valence-electron chi connectivity index (χ1n) is 9.93. The van der Waals surface area contributed by atoms with Gasteiger partial charge in [-0.1, -0.05) is 18.2 Å². The van der Waals surface area contributed by atoms with Crippen molar-refractivity contribution >= 4 is 29.9 Å². The van der Waals surface area contributed by atoms with Crippen molar-refractivity contribution in [1.29, 1.82) is 0 Å². The van der Waals surface area contributed by atoms with E-state index < -0.39 is 0 Å². The molecule has 2 aliphatic heterocycles. The second-order valence-corrected chi connectivity index (χ2v) is 7.62. The number of likely N-dealkylation sites (tertiary alicyclic amines) is 1. The van der Waals surface area contributed by atoms with E-state index in [0.29, 0.717) is 18.3 Å². The lowest BCUT2D eigenvalue weighted by molar-refractivity contribution is 0.259. The molecule has 2 heterocycles. The first-order valence-corrected chi connectivity index (χ1v) is 9.93. The van der Waals surface area contributed by atoms with Gasteiger partial charge in [-0.25, -0.2) is 0 Å². The molecule has 4 rings (SSSR count). The number of aromatic hydroxyl groups is 1. The van der Waals surface area contributed by atoms with Gasteiger partial charge in [-0.2, -0.15) is 0 Å². The molecule has 0 aromatic heterocycles. The molecule has 1 aromatic carbocycles.